The molecular weight excluding hydrogens is 509 g/mol. The van der Waals surface area contributed by atoms with E-state index < -0.39 is 6.10 Å². The molecule has 1 unspecified atom stereocenters. The van der Waals surface area contributed by atoms with Crippen LogP contribution in [0.15, 0.2) is 29.4 Å². The van der Waals surface area contributed by atoms with Gasteiger partial charge in [-0.15, -0.1) is 24.0 Å². The SMILES string of the molecule is CCNC(=NCC(O)c1cc(OC)ccc1OC)N(C)Cc1cn(C)nc1C(C)C.I. The van der Waals surface area contributed by atoms with Crippen molar-refractivity contribution < 1.29 is 14.6 Å². The molecule has 0 spiro atoms. The molecule has 1 aromatic heterocycles. The van der Waals surface area contributed by atoms with Crippen LogP contribution in [-0.4, -0.2) is 60.1 Å². The van der Waals surface area contributed by atoms with Crippen molar-refractivity contribution >= 4 is 29.9 Å². The normalized spacial score (nSPS) is 12.4. The summed E-state index contributed by atoms with van der Waals surface area (Å²) in [5.41, 5.74) is 2.89. The van der Waals surface area contributed by atoms with Gasteiger partial charge in [0.25, 0.3) is 0 Å². The summed E-state index contributed by atoms with van der Waals surface area (Å²) in [6, 6.07) is 5.37. The third kappa shape index (κ3) is 7.27. The van der Waals surface area contributed by atoms with Gasteiger partial charge < -0.3 is 24.8 Å². The number of ether oxygens (including phenoxy) is 2. The molecule has 0 saturated carbocycles. The maximum absolute atomic E-state index is 10.8. The Labute approximate surface area is 202 Å². The van der Waals surface area contributed by atoms with Gasteiger partial charge in [-0.2, -0.15) is 5.10 Å². The van der Waals surface area contributed by atoms with E-state index in [0.29, 0.717) is 29.5 Å². The van der Waals surface area contributed by atoms with Crippen molar-refractivity contribution in [1.82, 2.24) is 20.0 Å². The van der Waals surface area contributed by atoms with Crippen LogP contribution in [-0.2, 0) is 13.6 Å². The zero-order valence-electron chi connectivity index (χ0n) is 19.5. The molecular formula is C22H36IN5O3. The number of aryl methyl sites for hydroxylation is 1. The lowest BCUT2D eigenvalue weighted by Crippen LogP contribution is -2.39. The third-order valence-electron chi connectivity index (χ3n) is 4.80. The molecule has 0 radical (unpaired) electrons. The predicted octanol–water partition coefficient (Wildman–Crippen LogP) is 3.31. The predicted molar refractivity (Wildman–Crippen MR) is 135 cm³/mol. The van der Waals surface area contributed by atoms with E-state index in [1.807, 2.05) is 36.8 Å². The molecule has 2 aromatic rings. The van der Waals surface area contributed by atoms with Crippen molar-refractivity contribution in [1.29, 1.82) is 0 Å². The van der Waals surface area contributed by atoms with Crippen LogP contribution in [0, 0.1) is 0 Å². The maximum atomic E-state index is 10.8. The number of benzene rings is 1. The standard InChI is InChI=1S/C22H35N5O3.HI/c1-8-23-22(26(4)13-16-14-27(5)25-21(16)15(2)3)24-12-19(28)18-11-17(29-6)9-10-20(18)30-7;/h9-11,14-15,19,28H,8,12-13H2,1-7H3,(H,23,24);1H. The number of aliphatic hydroxyl groups excluding tert-OH is 1. The number of aliphatic imine (C=N–C) groups is 1. The van der Waals surface area contributed by atoms with E-state index in [2.05, 4.69) is 29.3 Å². The van der Waals surface area contributed by atoms with E-state index >= 15 is 0 Å². The Balaban J connectivity index is 0.00000480. The molecule has 2 N–H and O–H groups in total. The van der Waals surface area contributed by atoms with Crippen molar-refractivity contribution in [3.8, 4) is 11.5 Å². The minimum absolute atomic E-state index is 0. The smallest absolute Gasteiger partial charge is 0.194 e. The van der Waals surface area contributed by atoms with Gasteiger partial charge in [0.05, 0.1) is 26.5 Å². The summed E-state index contributed by atoms with van der Waals surface area (Å²) >= 11 is 0. The highest BCUT2D eigenvalue weighted by molar-refractivity contribution is 14.0. The van der Waals surface area contributed by atoms with Gasteiger partial charge >= 0.3 is 0 Å². The Hall–Kier alpha value is -2.01. The monoisotopic (exact) mass is 545 g/mol. The van der Waals surface area contributed by atoms with Crippen molar-refractivity contribution in [3.05, 3.63) is 41.2 Å². The minimum atomic E-state index is -0.818. The topological polar surface area (TPSA) is 84.1 Å². The highest BCUT2D eigenvalue weighted by Crippen LogP contribution is 2.29. The number of hydrogen-bond acceptors (Lipinski definition) is 5. The van der Waals surface area contributed by atoms with Crippen LogP contribution in [0.2, 0.25) is 0 Å². The highest BCUT2D eigenvalue weighted by atomic mass is 127. The molecule has 1 heterocycles. The lowest BCUT2D eigenvalue weighted by atomic mass is 10.1. The van der Waals surface area contributed by atoms with Gasteiger partial charge in [-0.05, 0) is 31.0 Å². The molecule has 0 saturated heterocycles. The number of hydrogen-bond donors (Lipinski definition) is 2. The quantitative estimate of drug-likeness (QED) is 0.286. The van der Waals surface area contributed by atoms with Gasteiger partial charge in [0.2, 0.25) is 0 Å². The van der Waals surface area contributed by atoms with E-state index in [4.69, 9.17) is 9.47 Å². The Bertz CT molecular complexity index is 854. The maximum Gasteiger partial charge on any atom is 0.194 e. The van der Waals surface area contributed by atoms with Gasteiger partial charge in [0.1, 0.15) is 17.6 Å². The van der Waals surface area contributed by atoms with Crippen molar-refractivity contribution in [2.45, 2.75) is 39.3 Å². The van der Waals surface area contributed by atoms with Crippen molar-refractivity contribution in [2.24, 2.45) is 12.0 Å². The summed E-state index contributed by atoms with van der Waals surface area (Å²) in [6.45, 7) is 7.90. The molecule has 0 bridgehead atoms. The summed E-state index contributed by atoms with van der Waals surface area (Å²) in [6.07, 6.45) is 1.23. The summed E-state index contributed by atoms with van der Waals surface area (Å²) < 4.78 is 12.5. The number of aromatic nitrogens is 2. The van der Waals surface area contributed by atoms with Gasteiger partial charge in [0.15, 0.2) is 5.96 Å². The number of halogens is 1. The first kappa shape index (κ1) is 27.0. The molecule has 31 heavy (non-hydrogen) atoms. The second-order valence-electron chi connectivity index (χ2n) is 7.54. The van der Waals surface area contributed by atoms with E-state index in [0.717, 1.165) is 23.8 Å². The van der Waals surface area contributed by atoms with E-state index in [9.17, 15) is 5.11 Å². The highest BCUT2D eigenvalue weighted by Gasteiger charge is 2.17. The van der Waals surface area contributed by atoms with Gasteiger partial charge in [-0.3, -0.25) is 9.67 Å². The second kappa shape index (κ2) is 12.7. The van der Waals surface area contributed by atoms with E-state index in [-0.39, 0.29) is 30.5 Å². The molecule has 2 rings (SSSR count). The first-order valence-corrected chi connectivity index (χ1v) is 10.2. The van der Waals surface area contributed by atoms with Crippen LogP contribution in [0.1, 0.15) is 49.6 Å². The molecule has 0 fully saturated rings. The van der Waals surface area contributed by atoms with Crippen LogP contribution in [0.25, 0.3) is 0 Å². The molecule has 1 aromatic carbocycles. The summed E-state index contributed by atoms with van der Waals surface area (Å²) in [7, 11) is 7.10. The first-order chi connectivity index (χ1) is 14.3. The fraction of sp³-hybridized carbons (Fsp3) is 0.545. The van der Waals surface area contributed by atoms with Crippen LogP contribution >= 0.6 is 24.0 Å². The molecule has 0 aliphatic heterocycles. The Morgan fingerprint density at radius 3 is 2.58 bits per heavy atom. The molecule has 9 heteroatoms. The Morgan fingerprint density at radius 1 is 1.29 bits per heavy atom. The van der Waals surface area contributed by atoms with Gasteiger partial charge in [0, 0.05) is 44.5 Å². The molecule has 8 nitrogen and oxygen atoms in total. The fourth-order valence-corrected chi connectivity index (χ4v) is 3.33. The van der Waals surface area contributed by atoms with E-state index in [1.54, 1.807) is 32.4 Å². The second-order valence-corrected chi connectivity index (χ2v) is 7.54. The third-order valence-corrected chi connectivity index (χ3v) is 4.80. The molecule has 0 aliphatic rings. The average molecular weight is 545 g/mol. The van der Waals surface area contributed by atoms with Crippen molar-refractivity contribution in [3.63, 3.8) is 0 Å². The Morgan fingerprint density at radius 2 is 2.00 bits per heavy atom. The van der Waals surface area contributed by atoms with E-state index in [1.165, 1.54) is 0 Å². The van der Waals surface area contributed by atoms with Gasteiger partial charge in [-0.25, -0.2) is 0 Å². The summed E-state index contributed by atoms with van der Waals surface area (Å²) in [5, 5.41) is 18.6. The van der Waals surface area contributed by atoms with Crippen LogP contribution < -0.4 is 14.8 Å². The van der Waals surface area contributed by atoms with Crippen LogP contribution in [0.3, 0.4) is 0 Å². The Kier molecular flexibility index (Phi) is 11.1. The number of aliphatic hydroxyl groups is 1. The summed E-state index contributed by atoms with van der Waals surface area (Å²) in [4.78, 5) is 6.70. The zero-order valence-corrected chi connectivity index (χ0v) is 21.9. The number of nitrogens with one attached hydrogen (secondary N) is 1. The zero-order chi connectivity index (χ0) is 22.3. The van der Waals surface area contributed by atoms with Crippen molar-refractivity contribution in [2.75, 3.05) is 34.4 Å². The minimum Gasteiger partial charge on any atom is -0.497 e. The summed E-state index contributed by atoms with van der Waals surface area (Å²) in [5.74, 6) is 2.33. The molecule has 0 aliphatic carbocycles. The molecule has 174 valence electrons. The molecule has 0 amide bonds. The van der Waals surface area contributed by atoms with Crippen LogP contribution in [0.4, 0.5) is 0 Å². The lowest BCUT2D eigenvalue weighted by molar-refractivity contribution is 0.181. The molecule has 1 atom stereocenters. The average Bonchev–Trinajstić information content (AvgIpc) is 3.10. The number of guanidine groups is 1. The number of nitrogens with zero attached hydrogens (tertiary/aromatic N) is 4. The number of rotatable bonds is 9. The number of methoxy groups -OCH3 is 2. The fourth-order valence-electron chi connectivity index (χ4n) is 3.33. The van der Waals surface area contributed by atoms with Crippen LogP contribution in [0.5, 0.6) is 11.5 Å². The largest absolute Gasteiger partial charge is 0.497 e. The lowest BCUT2D eigenvalue weighted by Gasteiger charge is -2.23. The first-order valence-electron chi connectivity index (χ1n) is 10.2. The van der Waals surface area contributed by atoms with Gasteiger partial charge in [-0.1, -0.05) is 13.8 Å².